The molecule has 0 aliphatic carbocycles. The van der Waals surface area contributed by atoms with Crippen LogP contribution in [0.3, 0.4) is 0 Å². The number of nitrogens with one attached hydrogen (secondary N) is 2. The molecule has 2 N–H and O–H groups in total. The highest BCUT2D eigenvalue weighted by atomic mass is 16.5. The van der Waals surface area contributed by atoms with Gasteiger partial charge in [-0.3, -0.25) is 14.4 Å². The lowest BCUT2D eigenvalue weighted by atomic mass is 9.97. The number of carbonyl (C=O) groups is 3. The summed E-state index contributed by atoms with van der Waals surface area (Å²) >= 11 is 0. The number of anilines is 2. The van der Waals surface area contributed by atoms with Gasteiger partial charge in [0.25, 0.3) is 5.91 Å². The van der Waals surface area contributed by atoms with Crippen LogP contribution in [0, 0.1) is 0 Å². The molecule has 0 unspecified atom stereocenters. The Hall–Kier alpha value is -3.15. The van der Waals surface area contributed by atoms with Gasteiger partial charge in [0.15, 0.2) is 6.61 Å². The van der Waals surface area contributed by atoms with Gasteiger partial charge in [-0.15, -0.1) is 0 Å². The van der Waals surface area contributed by atoms with E-state index < -0.39 is 17.8 Å². The number of amides is 2. The first-order chi connectivity index (χ1) is 12.5. The summed E-state index contributed by atoms with van der Waals surface area (Å²) in [4.78, 5) is 35.4. The average molecular weight is 354 g/mol. The quantitative estimate of drug-likeness (QED) is 0.747. The van der Waals surface area contributed by atoms with E-state index in [0.29, 0.717) is 17.8 Å². The van der Waals surface area contributed by atoms with Crippen LogP contribution in [-0.2, 0) is 19.1 Å². The van der Waals surface area contributed by atoms with Gasteiger partial charge in [0.05, 0.1) is 5.92 Å². The molecule has 0 heterocycles. The molecule has 136 valence electrons. The third-order valence-corrected chi connectivity index (χ3v) is 3.71. The van der Waals surface area contributed by atoms with Crippen molar-refractivity contribution in [3.05, 3.63) is 60.2 Å². The number of carbonyl (C=O) groups excluding carboxylic acids is 3. The van der Waals surface area contributed by atoms with Crippen LogP contribution in [0.4, 0.5) is 11.4 Å². The molecule has 1 atom stereocenters. The molecular formula is C20H22N2O4. The van der Waals surface area contributed by atoms with Gasteiger partial charge in [-0.2, -0.15) is 0 Å². The van der Waals surface area contributed by atoms with Crippen LogP contribution in [0.15, 0.2) is 54.6 Å². The van der Waals surface area contributed by atoms with Crippen LogP contribution in [0.2, 0.25) is 0 Å². The van der Waals surface area contributed by atoms with E-state index in [1.807, 2.05) is 37.3 Å². The summed E-state index contributed by atoms with van der Waals surface area (Å²) in [6.07, 6.45) is 0.587. The van der Waals surface area contributed by atoms with Crippen molar-refractivity contribution >= 4 is 29.2 Å². The molecule has 0 aromatic heterocycles. The Bertz CT molecular complexity index is 774. The van der Waals surface area contributed by atoms with Crippen molar-refractivity contribution in [3.63, 3.8) is 0 Å². The fraction of sp³-hybridized carbons (Fsp3) is 0.250. The van der Waals surface area contributed by atoms with Crippen LogP contribution >= 0.6 is 0 Å². The van der Waals surface area contributed by atoms with Crippen molar-refractivity contribution in [1.82, 2.24) is 0 Å². The fourth-order valence-corrected chi connectivity index (χ4v) is 2.54. The molecular weight excluding hydrogens is 332 g/mol. The first kappa shape index (κ1) is 19.2. The zero-order chi connectivity index (χ0) is 18.9. The molecule has 0 fully saturated rings. The molecule has 2 aromatic carbocycles. The molecule has 0 aliphatic heterocycles. The van der Waals surface area contributed by atoms with Gasteiger partial charge in [-0.25, -0.2) is 0 Å². The molecule has 2 rings (SSSR count). The van der Waals surface area contributed by atoms with E-state index in [9.17, 15) is 14.4 Å². The van der Waals surface area contributed by atoms with E-state index >= 15 is 0 Å². The number of ether oxygens (including phenoxy) is 1. The Morgan fingerprint density at radius 3 is 2.23 bits per heavy atom. The summed E-state index contributed by atoms with van der Waals surface area (Å²) in [6, 6.07) is 16.1. The maximum atomic E-state index is 12.3. The number of rotatable bonds is 7. The van der Waals surface area contributed by atoms with Crippen LogP contribution < -0.4 is 10.6 Å². The summed E-state index contributed by atoms with van der Waals surface area (Å²) in [5.74, 6) is -1.47. The standard InChI is InChI=1S/C20H22N2O4/c1-3-18(15-8-5-4-6-9-15)20(25)26-13-19(24)22-17-11-7-10-16(12-17)21-14(2)23/h4-12,18H,3,13H2,1-2H3,(H,21,23)(H,22,24)/t18-/m0/s1. The number of benzene rings is 2. The van der Waals surface area contributed by atoms with Crippen molar-refractivity contribution in [2.75, 3.05) is 17.2 Å². The maximum Gasteiger partial charge on any atom is 0.313 e. The van der Waals surface area contributed by atoms with Crippen LogP contribution in [0.25, 0.3) is 0 Å². The van der Waals surface area contributed by atoms with Gasteiger partial charge >= 0.3 is 5.97 Å². The van der Waals surface area contributed by atoms with E-state index in [2.05, 4.69) is 10.6 Å². The number of hydrogen-bond acceptors (Lipinski definition) is 4. The molecule has 2 aromatic rings. The Morgan fingerprint density at radius 2 is 1.62 bits per heavy atom. The molecule has 0 spiro atoms. The summed E-state index contributed by atoms with van der Waals surface area (Å²) in [6.45, 7) is 2.93. The Kier molecular flexibility index (Phi) is 6.91. The minimum atomic E-state index is -0.443. The van der Waals surface area contributed by atoms with E-state index in [-0.39, 0.29) is 12.5 Å². The SMILES string of the molecule is CC[C@H](C(=O)OCC(=O)Nc1cccc(NC(C)=O)c1)c1ccccc1. The summed E-state index contributed by atoms with van der Waals surface area (Å²) in [7, 11) is 0. The Balaban J connectivity index is 1.90. The van der Waals surface area contributed by atoms with Crippen molar-refractivity contribution in [2.24, 2.45) is 0 Å². The van der Waals surface area contributed by atoms with E-state index in [1.165, 1.54) is 6.92 Å². The predicted octanol–water partition coefficient (Wildman–Crippen LogP) is 3.32. The first-order valence-corrected chi connectivity index (χ1v) is 8.38. The highest BCUT2D eigenvalue weighted by Crippen LogP contribution is 2.21. The topological polar surface area (TPSA) is 84.5 Å². The highest BCUT2D eigenvalue weighted by Gasteiger charge is 2.20. The minimum absolute atomic E-state index is 0.200. The monoisotopic (exact) mass is 354 g/mol. The van der Waals surface area contributed by atoms with Gasteiger partial charge in [-0.1, -0.05) is 43.3 Å². The Labute approximate surface area is 152 Å². The van der Waals surface area contributed by atoms with Gasteiger partial charge in [0.2, 0.25) is 5.91 Å². The lowest BCUT2D eigenvalue weighted by Gasteiger charge is -2.14. The van der Waals surface area contributed by atoms with Crippen molar-refractivity contribution in [3.8, 4) is 0 Å². The third kappa shape index (κ3) is 5.73. The molecule has 0 saturated heterocycles. The largest absolute Gasteiger partial charge is 0.455 e. The zero-order valence-electron chi connectivity index (χ0n) is 14.8. The first-order valence-electron chi connectivity index (χ1n) is 8.38. The fourth-order valence-electron chi connectivity index (χ4n) is 2.54. The second-order valence-electron chi connectivity index (χ2n) is 5.79. The lowest BCUT2D eigenvalue weighted by molar-refractivity contribution is -0.149. The van der Waals surface area contributed by atoms with E-state index in [1.54, 1.807) is 24.3 Å². The molecule has 2 amide bonds. The normalized spacial score (nSPS) is 11.3. The van der Waals surface area contributed by atoms with Gasteiger partial charge in [-0.05, 0) is 30.2 Å². The maximum absolute atomic E-state index is 12.3. The minimum Gasteiger partial charge on any atom is -0.455 e. The van der Waals surface area contributed by atoms with Crippen molar-refractivity contribution < 1.29 is 19.1 Å². The molecule has 26 heavy (non-hydrogen) atoms. The highest BCUT2D eigenvalue weighted by molar-refractivity contribution is 5.95. The second-order valence-corrected chi connectivity index (χ2v) is 5.79. The molecule has 0 bridgehead atoms. The molecule has 0 aliphatic rings. The second kappa shape index (κ2) is 9.36. The molecule has 0 saturated carbocycles. The van der Waals surface area contributed by atoms with Crippen molar-refractivity contribution in [1.29, 1.82) is 0 Å². The summed E-state index contributed by atoms with van der Waals surface area (Å²) in [5, 5.41) is 5.27. The third-order valence-electron chi connectivity index (χ3n) is 3.71. The van der Waals surface area contributed by atoms with Crippen LogP contribution in [0.1, 0.15) is 31.7 Å². The zero-order valence-corrected chi connectivity index (χ0v) is 14.8. The lowest BCUT2D eigenvalue weighted by Crippen LogP contribution is -2.24. The molecule has 0 radical (unpaired) electrons. The van der Waals surface area contributed by atoms with Crippen LogP contribution in [0.5, 0.6) is 0 Å². The number of hydrogen-bond donors (Lipinski definition) is 2. The number of esters is 1. The Morgan fingerprint density at radius 1 is 0.962 bits per heavy atom. The summed E-state index contributed by atoms with van der Waals surface area (Å²) in [5.41, 5.74) is 1.94. The molecule has 6 heteroatoms. The van der Waals surface area contributed by atoms with Crippen molar-refractivity contribution in [2.45, 2.75) is 26.2 Å². The summed E-state index contributed by atoms with van der Waals surface area (Å²) < 4.78 is 5.16. The van der Waals surface area contributed by atoms with Gasteiger partial charge < -0.3 is 15.4 Å². The van der Waals surface area contributed by atoms with Gasteiger partial charge in [0.1, 0.15) is 0 Å². The van der Waals surface area contributed by atoms with E-state index in [0.717, 1.165) is 5.56 Å². The van der Waals surface area contributed by atoms with Gasteiger partial charge in [0, 0.05) is 18.3 Å². The smallest absolute Gasteiger partial charge is 0.313 e. The molecule has 6 nitrogen and oxygen atoms in total. The van der Waals surface area contributed by atoms with E-state index in [4.69, 9.17) is 4.74 Å². The average Bonchev–Trinajstić information content (AvgIpc) is 2.61. The van der Waals surface area contributed by atoms with Crippen LogP contribution in [-0.4, -0.2) is 24.4 Å². The predicted molar refractivity (Wildman–Crippen MR) is 99.8 cm³/mol.